The van der Waals surface area contributed by atoms with Crippen LogP contribution in [0.25, 0.3) is 22.2 Å². The first kappa shape index (κ1) is 25.2. The highest BCUT2D eigenvalue weighted by Gasteiger charge is 2.26. The fraction of sp³-hybridized carbons (Fsp3) is 0.379. The van der Waals surface area contributed by atoms with E-state index < -0.39 is 0 Å². The van der Waals surface area contributed by atoms with Crippen LogP contribution in [0, 0.1) is 5.92 Å². The van der Waals surface area contributed by atoms with E-state index in [-0.39, 0.29) is 17.8 Å². The summed E-state index contributed by atoms with van der Waals surface area (Å²) < 4.78 is 5.20. The van der Waals surface area contributed by atoms with Gasteiger partial charge in [-0.2, -0.15) is 0 Å². The van der Waals surface area contributed by atoms with E-state index in [4.69, 9.17) is 21.3 Å². The van der Waals surface area contributed by atoms with Gasteiger partial charge in [0.2, 0.25) is 0 Å². The molecule has 0 atom stereocenters. The number of aromatic nitrogens is 1. The Hall–Kier alpha value is -3.45. The number of halogens is 1. The van der Waals surface area contributed by atoms with Crippen LogP contribution in [0.4, 0.5) is 4.79 Å². The van der Waals surface area contributed by atoms with Crippen molar-refractivity contribution in [3.63, 3.8) is 0 Å². The molecule has 1 saturated carbocycles. The quantitative estimate of drug-likeness (QED) is 0.366. The molecule has 7 nitrogen and oxygen atoms in total. The molecule has 1 saturated heterocycles. The molecule has 1 aliphatic carbocycles. The highest BCUT2D eigenvalue weighted by atomic mass is 35.5. The summed E-state index contributed by atoms with van der Waals surface area (Å²) in [4.78, 5) is 45.9. The summed E-state index contributed by atoms with van der Waals surface area (Å²) in [6.45, 7) is 4.11. The number of piperazine rings is 1. The van der Waals surface area contributed by atoms with Crippen LogP contribution in [0.3, 0.4) is 0 Å². The van der Waals surface area contributed by atoms with Crippen LogP contribution in [0.1, 0.15) is 53.3 Å². The molecule has 2 aromatic carbocycles. The van der Waals surface area contributed by atoms with Crippen molar-refractivity contribution in [1.29, 1.82) is 0 Å². The summed E-state index contributed by atoms with van der Waals surface area (Å²) in [7, 11) is 0. The predicted molar refractivity (Wildman–Crippen MR) is 143 cm³/mol. The summed E-state index contributed by atoms with van der Waals surface area (Å²) in [5, 5.41) is 1.31. The molecule has 3 aromatic rings. The fourth-order valence-corrected chi connectivity index (χ4v) is 4.81. The van der Waals surface area contributed by atoms with Crippen LogP contribution < -0.4 is 0 Å². The second-order valence-corrected chi connectivity index (χ2v) is 10.2. The lowest BCUT2D eigenvalue weighted by atomic mass is 10.0. The molecule has 1 aromatic heterocycles. The number of fused-ring (bicyclic) bond motifs is 1. The zero-order valence-corrected chi connectivity index (χ0v) is 21.7. The zero-order valence-electron chi connectivity index (χ0n) is 20.9. The van der Waals surface area contributed by atoms with Gasteiger partial charge in [-0.05, 0) is 43.4 Å². The largest absolute Gasteiger partial charge is 0.449 e. The Morgan fingerprint density at radius 1 is 0.946 bits per heavy atom. The highest BCUT2D eigenvalue weighted by Crippen LogP contribution is 2.34. The van der Waals surface area contributed by atoms with Gasteiger partial charge in [-0.3, -0.25) is 9.59 Å². The number of hydrogen-bond acceptors (Lipinski definition) is 5. The molecular formula is C29H30ClN3O4. The van der Waals surface area contributed by atoms with E-state index in [0.717, 1.165) is 30.2 Å². The number of hydrogen-bond donors (Lipinski definition) is 0. The second-order valence-electron chi connectivity index (χ2n) is 9.76. The van der Waals surface area contributed by atoms with Crippen molar-refractivity contribution in [3.8, 4) is 11.3 Å². The number of nitrogens with zero attached hydrogens (tertiary/aromatic N) is 3. The molecule has 5 rings (SSSR count). The molecule has 0 N–H and O–H groups in total. The SMILES string of the molecule is CCCOC(=O)N1CCN(C(=O)c2ccc3c(Cl)cc(-c4ccc(C(=O)CC5CC5)cc4)nc3c2)CC1. The van der Waals surface area contributed by atoms with Gasteiger partial charge in [-0.15, -0.1) is 0 Å². The molecule has 8 heteroatoms. The summed E-state index contributed by atoms with van der Waals surface area (Å²) in [6.07, 6.45) is 3.37. The first-order valence-corrected chi connectivity index (χ1v) is 13.3. The summed E-state index contributed by atoms with van der Waals surface area (Å²) in [6, 6.07) is 14.6. The van der Waals surface area contributed by atoms with Crippen LogP contribution in [0.5, 0.6) is 0 Å². The Morgan fingerprint density at radius 3 is 2.30 bits per heavy atom. The third-order valence-corrected chi connectivity index (χ3v) is 7.25. The average molecular weight is 520 g/mol. The highest BCUT2D eigenvalue weighted by molar-refractivity contribution is 6.35. The van der Waals surface area contributed by atoms with E-state index in [1.54, 1.807) is 21.9 Å². The van der Waals surface area contributed by atoms with Gasteiger partial charge in [0.1, 0.15) is 0 Å². The minimum atomic E-state index is -0.327. The maximum Gasteiger partial charge on any atom is 0.409 e. The lowest BCUT2D eigenvalue weighted by Crippen LogP contribution is -2.50. The van der Waals surface area contributed by atoms with Gasteiger partial charge < -0.3 is 14.5 Å². The molecule has 0 bridgehead atoms. The minimum absolute atomic E-state index is 0.106. The standard InChI is InChI=1S/C29H30ClN3O4/c1-2-15-37-29(36)33-13-11-32(12-14-33)28(35)22-9-10-23-24(30)18-25(31-26(23)17-22)20-5-7-21(8-6-20)27(34)16-19-3-4-19/h5-10,17-19H,2-4,11-16H2,1H3. The van der Waals surface area contributed by atoms with Crippen LogP contribution >= 0.6 is 11.6 Å². The molecule has 2 fully saturated rings. The number of ketones is 1. The van der Waals surface area contributed by atoms with Gasteiger partial charge in [0.25, 0.3) is 5.91 Å². The first-order chi connectivity index (χ1) is 17.9. The molecule has 2 aliphatic rings. The lowest BCUT2D eigenvalue weighted by molar-refractivity contribution is 0.0560. The van der Waals surface area contributed by atoms with Gasteiger partial charge in [0.15, 0.2) is 5.78 Å². The Kier molecular flexibility index (Phi) is 7.42. The minimum Gasteiger partial charge on any atom is -0.449 e. The van der Waals surface area contributed by atoms with E-state index in [9.17, 15) is 14.4 Å². The normalized spacial score (nSPS) is 15.6. The molecule has 0 spiro atoms. The molecule has 37 heavy (non-hydrogen) atoms. The van der Waals surface area contributed by atoms with Gasteiger partial charge in [-0.1, -0.05) is 48.9 Å². The van der Waals surface area contributed by atoms with Crippen LogP contribution in [0.2, 0.25) is 5.02 Å². The van der Waals surface area contributed by atoms with Gasteiger partial charge in [0, 0.05) is 54.7 Å². The first-order valence-electron chi connectivity index (χ1n) is 12.9. The Balaban J connectivity index is 1.31. The third kappa shape index (κ3) is 5.77. The van der Waals surface area contributed by atoms with E-state index in [1.807, 2.05) is 43.3 Å². The molecule has 0 radical (unpaired) electrons. The molecule has 0 unspecified atom stereocenters. The van der Waals surface area contributed by atoms with Crippen molar-refractivity contribution in [2.75, 3.05) is 32.8 Å². The number of pyridine rings is 1. The van der Waals surface area contributed by atoms with Crippen molar-refractivity contribution in [2.45, 2.75) is 32.6 Å². The van der Waals surface area contributed by atoms with Crippen LogP contribution in [-0.2, 0) is 4.74 Å². The van der Waals surface area contributed by atoms with Crippen molar-refractivity contribution < 1.29 is 19.1 Å². The monoisotopic (exact) mass is 519 g/mol. The Labute approximate surface area is 221 Å². The molecular weight excluding hydrogens is 490 g/mol. The van der Waals surface area contributed by atoms with E-state index in [2.05, 4.69) is 0 Å². The molecule has 192 valence electrons. The molecule has 2 amide bonds. The summed E-state index contributed by atoms with van der Waals surface area (Å²) in [5.74, 6) is 0.627. The van der Waals surface area contributed by atoms with Gasteiger partial charge >= 0.3 is 6.09 Å². The van der Waals surface area contributed by atoms with E-state index >= 15 is 0 Å². The maximum atomic E-state index is 13.2. The zero-order chi connectivity index (χ0) is 25.9. The van der Waals surface area contributed by atoms with Crippen LogP contribution in [-0.4, -0.2) is 65.4 Å². The lowest BCUT2D eigenvalue weighted by Gasteiger charge is -2.34. The van der Waals surface area contributed by atoms with E-state index in [0.29, 0.717) is 72.5 Å². The second kappa shape index (κ2) is 10.9. The van der Waals surface area contributed by atoms with E-state index in [1.165, 1.54) is 0 Å². The number of carbonyl (C=O) groups excluding carboxylic acids is 3. The van der Waals surface area contributed by atoms with Crippen LogP contribution in [0.15, 0.2) is 48.5 Å². The smallest absolute Gasteiger partial charge is 0.409 e. The molecule has 2 heterocycles. The topological polar surface area (TPSA) is 79.8 Å². The van der Waals surface area contributed by atoms with Crippen molar-refractivity contribution in [1.82, 2.24) is 14.8 Å². The number of ether oxygens (including phenoxy) is 1. The number of benzene rings is 2. The summed E-state index contributed by atoms with van der Waals surface area (Å²) in [5.41, 5.74) is 3.41. The number of Topliss-reactive ketones (excluding diaryl/α,β-unsaturated/α-hetero) is 1. The van der Waals surface area contributed by atoms with Crippen molar-refractivity contribution in [2.24, 2.45) is 5.92 Å². The fourth-order valence-electron chi connectivity index (χ4n) is 4.55. The number of amides is 2. The Morgan fingerprint density at radius 2 is 1.62 bits per heavy atom. The molecule has 1 aliphatic heterocycles. The summed E-state index contributed by atoms with van der Waals surface area (Å²) >= 11 is 6.58. The maximum absolute atomic E-state index is 13.2. The van der Waals surface area contributed by atoms with Gasteiger partial charge in [0.05, 0.1) is 22.8 Å². The third-order valence-electron chi connectivity index (χ3n) is 6.93. The number of rotatable bonds is 7. The van der Waals surface area contributed by atoms with Crippen molar-refractivity contribution in [3.05, 3.63) is 64.7 Å². The van der Waals surface area contributed by atoms with Crippen molar-refractivity contribution >= 4 is 40.3 Å². The number of carbonyl (C=O) groups is 3. The Bertz CT molecular complexity index is 1330. The average Bonchev–Trinajstić information content (AvgIpc) is 3.75. The van der Waals surface area contributed by atoms with Gasteiger partial charge in [-0.25, -0.2) is 9.78 Å². The predicted octanol–water partition coefficient (Wildman–Crippen LogP) is 5.84.